The molecule has 2 N–H and O–H groups in total. The molecule has 0 radical (unpaired) electrons. The molecule has 0 saturated heterocycles. The van der Waals surface area contributed by atoms with Crippen LogP contribution < -0.4 is 10.6 Å². The number of rotatable bonds is 6. The van der Waals surface area contributed by atoms with Gasteiger partial charge in [-0.1, -0.05) is 31.5 Å². The highest BCUT2D eigenvalue weighted by molar-refractivity contribution is 9.10. The zero-order chi connectivity index (χ0) is 12.0. The van der Waals surface area contributed by atoms with Gasteiger partial charge >= 0.3 is 0 Å². The average molecular weight is 306 g/mol. The summed E-state index contributed by atoms with van der Waals surface area (Å²) in [4.78, 5) is 0. The second-order valence-electron chi connectivity index (χ2n) is 4.03. The molecular weight excluding hydrogens is 288 g/mol. The molecule has 0 fully saturated rings. The van der Waals surface area contributed by atoms with Crippen molar-refractivity contribution in [3.05, 3.63) is 33.3 Å². The Hall–Kier alpha value is -0.0900. The lowest BCUT2D eigenvalue weighted by molar-refractivity contribution is 0.555. The van der Waals surface area contributed by atoms with Gasteiger partial charge in [-0.15, -0.1) is 0 Å². The Balaban J connectivity index is 2.24. The zero-order valence-electron chi connectivity index (χ0n) is 9.69. The van der Waals surface area contributed by atoms with E-state index in [0.29, 0.717) is 6.04 Å². The SMILES string of the molecule is CC(C)NCCNCc1ccc(Cl)c(Br)c1. The average Bonchev–Trinajstić information content (AvgIpc) is 2.22. The number of halogens is 2. The summed E-state index contributed by atoms with van der Waals surface area (Å²) in [5.41, 5.74) is 1.24. The molecule has 0 aliphatic heterocycles. The van der Waals surface area contributed by atoms with Crippen LogP contribution in [0.4, 0.5) is 0 Å². The van der Waals surface area contributed by atoms with Crippen molar-refractivity contribution in [3.8, 4) is 0 Å². The highest BCUT2D eigenvalue weighted by Gasteiger charge is 1.98. The van der Waals surface area contributed by atoms with Crippen molar-refractivity contribution in [1.82, 2.24) is 10.6 Å². The number of benzene rings is 1. The van der Waals surface area contributed by atoms with Crippen LogP contribution in [0.1, 0.15) is 19.4 Å². The van der Waals surface area contributed by atoms with Gasteiger partial charge in [0.1, 0.15) is 0 Å². The summed E-state index contributed by atoms with van der Waals surface area (Å²) in [5, 5.41) is 7.49. The normalized spacial score (nSPS) is 11.1. The van der Waals surface area contributed by atoms with Crippen molar-refractivity contribution < 1.29 is 0 Å². The number of nitrogens with one attached hydrogen (secondary N) is 2. The summed E-state index contributed by atoms with van der Waals surface area (Å²) >= 11 is 9.34. The molecule has 0 saturated carbocycles. The standard InChI is InChI=1S/C12H18BrClN2/c1-9(2)16-6-5-15-8-10-3-4-12(14)11(13)7-10/h3-4,7,9,15-16H,5-6,8H2,1-2H3. The van der Waals surface area contributed by atoms with Crippen LogP contribution in [-0.4, -0.2) is 19.1 Å². The van der Waals surface area contributed by atoms with Crippen LogP contribution in [0.15, 0.2) is 22.7 Å². The molecule has 0 aliphatic carbocycles. The maximum absolute atomic E-state index is 5.92. The van der Waals surface area contributed by atoms with Gasteiger partial charge < -0.3 is 10.6 Å². The van der Waals surface area contributed by atoms with Crippen LogP contribution in [0.25, 0.3) is 0 Å². The van der Waals surface area contributed by atoms with E-state index in [1.54, 1.807) is 0 Å². The monoisotopic (exact) mass is 304 g/mol. The molecule has 0 aliphatic rings. The van der Waals surface area contributed by atoms with Gasteiger partial charge in [0.2, 0.25) is 0 Å². The van der Waals surface area contributed by atoms with Crippen LogP contribution in [0, 0.1) is 0 Å². The Morgan fingerprint density at radius 2 is 2.06 bits per heavy atom. The Labute approximate surface area is 111 Å². The molecule has 0 amide bonds. The molecule has 4 heteroatoms. The number of hydrogen-bond acceptors (Lipinski definition) is 2. The second kappa shape index (κ2) is 7.28. The molecule has 0 heterocycles. The van der Waals surface area contributed by atoms with E-state index in [-0.39, 0.29) is 0 Å². The van der Waals surface area contributed by atoms with Gasteiger partial charge in [-0.2, -0.15) is 0 Å². The fourth-order valence-corrected chi connectivity index (χ4v) is 1.88. The van der Waals surface area contributed by atoms with E-state index in [9.17, 15) is 0 Å². The van der Waals surface area contributed by atoms with E-state index in [2.05, 4.69) is 40.4 Å². The van der Waals surface area contributed by atoms with Crippen molar-refractivity contribution in [2.24, 2.45) is 0 Å². The third-order valence-electron chi connectivity index (χ3n) is 2.17. The minimum absolute atomic E-state index is 0.548. The van der Waals surface area contributed by atoms with Crippen molar-refractivity contribution in [1.29, 1.82) is 0 Å². The Morgan fingerprint density at radius 1 is 1.31 bits per heavy atom. The van der Waals surface area contributed by atoms with Gasteiger partial charge in [-0.05, 0) is 33.6 Å². The molecule has 1 rings (SSSR count). The maximum Gasteiger partial charge on any atom is 0.0548 e. The first-order valence-electron chi connectivity index (χ1n) is 5.47. The molecular formula is C12H18BrClN2. The topological polar surface area (TPSA) is 24.1 Å². The van der Waals surface area contributed by atoms with Crippen molar-refractivity contribution in [2.45, 2.75) is 26.4 Å². The summed E-state index contributed by atoms with van der Waals surface area (Å²) in [6, 6.07) is 6.54. The molecule has 2 nitrogen and oxygen atoms in total. The summed E-state index contributed by atoms with van der Waals surface area (Å²) in [7, 11) is 0. The Morgan fingerprint density at radius 3 is 2.69 bits per heavy atom. The van der Waals surface area contributed by atoms with Crippen molar-refractivity contribution in [2.75, 3.05) is 13.1 Å². The predicted octanol–water partition coefficient (Wildman–Crippen LogP) is 3.19. The molecule has 1 aromatic carbocycles. The first-order valence-corrected chi connectivity index (χ1v) is 6.64. The summed E-state index contributed by atoms with van der Waals surface area (Å²) in [6.07, 6.45) is 0. The lowest BCUT2D eigenvalue weighted by Gasteiger charge is -2.09. The molecule has 0 unspecified atom stereocenters. The highest BCUT2D eigenvalue weighted by Crippen LogP contribution is 2.22. The van der Waals surface area contributed by atoms with Crippen molar-refractivity contribution in [3.63, 3.8) is 0 Å². The molecule has 0 aromatic heterocycles. The van der Waals surface area contributed by atoms with E-state index >= 15 is 0 Å². The second-order valence-corrected chi connectivity index (χ2v) is 5.30. The highest BCUT2D eigenvalue weighted by atomic mass is 79.9. The van der Waals surface area contributed by atoms with Gasteiger partial charge in [-0.25, -0.2) is 0 Å². The fourth-order valence-electron chi connectivity index (χ4n) is 1.33. The minimum Gasteiger partial charge on any atom is -0.313 e. The van der Waals surface area contributed by atoms with E-state index in [0.717, 1.165) is 29.1 Å². The summed E-state index contributed by atoms with van der Waals surface area (Å²) < 4.78 is 0.953. The van der Waals surface area contributed by atoms with E-state index in [4.69, 9.17) is 11.6 Å². The summed E-state index contributed by atoms with van der Waals surface area (Å²) in [6.45, 7) is 7.13. The summed E-state index contributed by atoms with van der Waals surface area (Å²) in [5.74, 6) is 0. The van der Waals surface area contributed by atoms with Crippen LogP contribution in [0.3, 0.4) is 0 Å². The molecule has 0 atom stereocenters. The van der Waals surface area contributed by atoms with Crippen LogP contribution in [-0.2, 0) is 6.54 Å². The molecule has 0 bridgehead atoms. The number of hydrogen-bond donors (Lipinski definition) is 2. The molecule has 0 spiro atoms. The minimum atomic E-state index is 0.548. The van der Waals surface area contributed by atoms with E-state index in [1.165, 1.54) is 5.56 Å². The van der Waals surface area contributed by atoms with Gasteiger partial charge in [0.15, 0.2) is 0 Å². The third-order valence-corrected chi connectivity index (χ3v) is 3.38. The maximum atomic E-state index is 5.92. The van der Waals surface area contributed by atoms with Gasteiger partial charge in [0, 0.05) is 30.1 Å². The Kier molecular flexibility index (Phi) is 6.36. The van der Waals surface area contributed by atoms with Gasteiger partial charge in [0.05, 0.1) is 5.02 Å². The van der Waals surface area contributed by atoms with Crippen molar-refractivity contribution >= 4 is 27.5 Å². The third kappa shape index (κ3) is 5.30. The van der Waals surface area contributed by atoms with Crippen LogP contribution in [0.5, 0.6) is 0 Å². The molecule has 16 heavy (non-hydrogen) atoms. The lowest BCUT2D eigenvalue weighted by Crippen LogP contribution is -2.31. The molecule has 90 valence electrons. The lowest BCUT2D eigenvalue weighted by atomic mass is 10.2. The quantitative estimate of drug-likeness (QED) is 0.789. The van der Waals surface area contributed by atoms with Gasteiger partial charge in [0.25, 0.3) is 0 Å². The zero-order valence-corrected chi connectivity index (χ0v) is 12.0. The first-order chi connectivity index (χ1) is 7.59. The predicted molar refractivity (Wildman–Crippen MR) is 74.0 cm³/mol. The van der Waals surface area contributed by atoms with Crippen LogP contribution >= 0.6 is 27.5 Å². The van der Waals surface area contributed by atoms with Crippen LogP contribution in [0.2, 0.25) is 5.02 Å². The van der Waals surface area contributed by atoms with Gasteiger partial charge in [-0.3, -0.25) is 0 Å². The first kappa shape index (κ1) is 14.0. The Bertz CT molecular complexity index is 329. The largest absolute Gasteiger partial charge is 0.313 e. The van der Waals surface area contributed by atoms with E-state index < -0.39 is 0 Å². The smallest absolute Gasteiger partial charge is 0.0548 e. The molecule has 1 aromatic rings. The fraction of sp³-hybridized carbons (Fsp3) is 0.500. The van der Waals surface area contributed by atoms with E-state index in [1.807, 2.05) is 18.2 Å².